The van der Waals surface area contributed by atoms with Crippen LogP contribution in [0.1, 0.15) is 79.4 Å². The maximum absolute atomic E-state index is 11.4. The molecule has 1 amide bonds. The molecule has 5 N–H and O–H groups in total. The minimum atomic E-state index is -0.507. The molecule has 0 radical (unpaired) electrons. The number of aromatic nitrogens is 6. The molecule has 5 aliphatic rings. The van der Waals surface area contributed by atoms with Crippen LogP contribution >= 0.6 is 0 Å². The number of carbonyl (C=O) groups is 1. The van der Waals surface area contributed by atoms with Crippen LogP contribution < -0.4 is 40.4 Å². The second kappa shape index (κ2) is 35.6. The fourth-order valence-electron chi connectivity index (χ4n) is 12.1. The number of piperazine rings is 1. The van der Waals surface area contributed by atoms with Crippen molar-refractivity contribution in [3.8, 4) is 75.7 Å². The molecule has 25 heteroatoms. The Balaban J connectivity index is 0.000000148. The van der Waals surface area contributed by atoms with Gasteiger partial charge < -0.3 is 64.4 Å². The van der Waals surface area contributed by atoms with E-state index in [-0.39, 0.29) is 24.2 Å². The van der Waals surface area contributed by atoms with Gasteiger partial charge in [-0.3, -0.25) is 9.69 Å². The summed E-state index contributed by atoms with van der Waals surface area (Å²) < 4.78 is 39.6. The molecule has 5 fully saturated rings. The molecule has 104 heavy (non-hydrogen) atoms. The van der Waals surface area contributed by atoms with Crippen LogP contribution in [-0.2, 0) is 23.7 Å². The van der Waals surface area contributed by atoms with Gasteiger partial charge in [-0.1, -0.05) is 18.7 Å². The number of hydrogen-bond donors (Lipinski definition) is 5. The lowest BCUT2D eigenvalue weighted by Gasteiger charge is -2.43. The van der Waals surface area contributed by atoms with Crippen molar-refractivity contribution in [3.63, 3.8) is 0 Å². The van der Waals surface area contributed by atoms with Crippen molar-refractivity contribution in [2.45, 2.75) is 75.9 Å². The predicted molar refractivity (Wildman–Crippen MR) is 392 cm³/mol. The van der Waals surface area contributed by atoms with E-state index in [1.165, 1.54) is 6.08 Å². The number of nitriles is 4. The largest absolute Gasteiger partial charge is 0.489 e. The van der Waals surface area contributed by atoms with Crippen LogP contribution in [0.25, 0.3) is 34.2 Å². The molecular weight excluding hydrogens is 1320 g/mol. The van der Waals surface area contributed by atoms with Crippen molar-refractivity contribution < 1.29 is 43.1 Å². The molecule has 5 saturated heterocycles. The van der Waals surface area contributed by atoms with E-state index in [0.29, 0.717) is 126 Å². The highest BCUT2D eigenvalue weighted by atomic mass is 16.5. The highest BCUT2D eigenvalue weighted by molar-refractivity contribution is 5.99. The van der Waals surface area contributed by atoms with Gasteiger partial charge in [-0.25, -0.2) is 29.9 Å². The number of anilines is 8. The average Bonchev–Trinajstić information content (AvgIpc) is 0.816. The van der Waals surface area contributed by atoms with E-state index in [9.17, 15) is 30.9 Å². The Morgan fingerprint density at radius 2 is 0.885 bits per heavy atom. The predicted octanol–water partition coefficient (Wildman–Crippen LogP) is 12.5. The van der Waals surface area contributed by atoms with Crippen molar-refractivity contribution in [1.82, 2.24) is 34.8 Å². The number of nitrogens with one attached hydrogen (secondary N) is 4. The maximum atomic E-state index is 11.4. The van der Waals surface area contributed by atoms with Gasteiger partial charge in [0.1, 0.15) is 77.3 Å². The van der Waals surface area contributed by atoms with Crippen LogP contribution in [0.4, 0.5) is 45.9 Å². The summed E-state index contributed by atoms with van der Waals surface area (Å²) >= 11 is 0. The summed E-state index contributed by atoms with van der Waals surface area (Å²) in [4.78, 5) is 43.1. The molecule has 6 aromatic carbocycles. The lowest BCUT2D eigenvalue weighted by molar-refractivity contribution is -0.111. The highest BCUT2D eigenvalue weighted by Gasteiger charge is 2.30. The van der Waals surface area contributed by atoms with E-state index in [4.69, 9.17) is 33.2 Å². The number of carbonyl (C=O) groups excluding carboxylic acids is 1. The molecule has 0 bridgehead atoms. The molecule has 14 rings (SSSR count). The first kappa shape index (κ1) is 71.9. The summed E-state index contributed by atoms with van der Waals surface area (Å²) in [5, 5.41) is 61.0. The van der Waals surface area contributed by atoms with Crippen LogP contribution in [0.15, 0.2) is 171 Å². The summed E-state index contributed by atoms with van der Waals surface area (Å²) in [7, 11) is 0. The monoisotopic (exact) mass is 1390 g/mol. The Hall–Kier alpha value is -11.9. The van der Waals surface area contributed by atoms with Gasteiger partial charge in [-0.05, 0) is 146 Å². The molecule has 0 aliphatic carbocycles. The third kappa shape index (κ3) is 19.4. The van der Waals surface area contributed by atoms with E-state index in [2.05, 4.69) is 91.8 Å². The van der Waals surface area contributed by atoms with Crippen molar-refractivity contribution in [2.24, 2.45) is 0 Å². The Morgan fingerprint density at radius 3 is 1.26 bits per heavy atom. The quantitative estimate of drug-likeness (QED) is 0.0443. The second-order valence-electron chi connectivity index (χ2n) is 25.1. The van der Waals surface area contributed by atoms with Crippen LogP contribution in [0.2, 0.25) is 0 Å². The van der Waals surface area contributed by atoms with Gasteiger partial charge in [-0.15, -0.1) is 0 Å². The average molecular weight is 1400 g/mol. The van der Waals surface area contributed by atoms with Gasteiger partial charge in [0.15, 0.2) is 17.5 Å². The van der Waals surface area contributed by atoms with Crippen molar-refractivity contribution in [2.75, 3.05) is 105 Å². The van der Waals surface area contributed by atoms with Crippen LogP contribution in [-0.4, -0.2) is 149 Å². The maximum Gasteiger partial charge on any atom is 0.247 e. The Morgan fingerprint density at radius 1 is 0.500 bits per heavy atom. The fraction of sp³-hybridized carbons (Fsp3) is 0.304. The third-order valence-corrected chi connectivity index (χ3v) is 17.9. The summed E-state index contributed by atoms with van der Waals surface area (Å²) in [5.74, 6) is 4.76. The SMILES string of the molecule is C=CC(=O)Nc1ccc(Nc2ccnc(-c3ccc(OC4CCOCC4)c(C#N)c3)n2)cc1.CC(O)c1ccc(Nc2ccnc(-c3ccc(OC4CCOCC4)c(C#N)c3)n2)cc1.N#Cc1cc(-c2nccc(Nc3ccc(N4CCN(C5COC5)CC4)c(C#N)c3)n2)ccc1OC1CCOCC1. The first-order chi connectivity index (χ1) is 51.0. The molecular formula is C79H78N16O9. The number of rotatable bonds is 20. The second-order valence-corrected chi connectivity index (χ2v) is 25.1. The van der Waals surface area contributed by atoms with E-state index in [1.807, 2.05) is 84.9 Å². The zero-order valence-electron chi connectivity index (χ0n) is 57.5. The summed E-state index contributed by atoms with van der Waals surface area (Å²) in [5.41, 5.74) is 9.05. The van der Waals surface area contributed by atoms with Crippen molar-refractivity contribution >= 4 is 51.8 Å². The topological polar surface area (TPSA) is 329 Å². The minimum Gasteiger partial charge on any atom is -0.489 e. The minimum absolute atomic E-state index is 0.0483. The summed E-state index contributed by atoms with van der Waals surface area (Å²) in [6.45, 7) is 14.6. The molecule has 25 nitrogen and oxygen atoms in total. The highest BCUT2D eigenvalue weighted by Crippen LogP contribution is 2.34. The number of aliphatic hydroxyl groups is 1. The van der Waals surface area contributed by atoms with Crippen molar-refractivity contribution in [3.05, 3.63) is 199 Å². The third-order valence-electron chi connectivity index (χ3n) is 17.9. The molecule has 3 aromatic heterocycles. The molecule has 5 aliphatic heterocycles. The number of aliphatic hydroxyl groups excluding tert-OH is 1. The van der Waals surface area contributed by atoms with Crippen molar-refractivity contribution in [1.29, 1.82) is 21.0 Å². The smallest absolute Gasteiger partial charge is 0.247 e. The number of hydrogen-bond acceptors (Lipinski definition) is 24. The first-order valence-corrected chi connectivity index (χ1v) is 34.6. The van der Waals surface area contributed by atoms with Gasteiger partial charge >= 0.3 is 0 Å². The zero-order chi connectivity index (χ0) is 72.0. The standard InChI is InChI=1S/C30H31N7O3.C25H23N5O3.C24H24N4O3/c31-17-22-16-24(2-3-27(22)37-11-9-36(10-12-37)25-19-39-20-25)34-29-5-8-33-30(35-29)21-1-4-28(23(15-21)18-32)40-26-6-13-38-14-7-26;1-2-24(31)29-20-6-4-19(5-7-20)28-23-9-12-27-25(30-23)17-3-8-22(18(15-17)16-26)33-21-10-13-32-14-11-21;1-16(29)17-2-5-20(6-3-17)27-23-8-11-26-24(28-23)18-4-7-22(19(14-18)15-25)31-21-9-12-30-13-10-21/h1-5,8,15-16,25-26H,6-7,9-14,19-20H2,(H,33,34,35);2-9,12,15,21H,1,10-11,13-14H2,(H,29,31)(H,27,28,30);2-8,11,14,16,21,29H,9-10,12-13H2,1H3,(H,26,27,28). The molecule has 1 atom stereocenters. The number of benzene rings is 6. The number of amides is 1. The number of nitrogens with zero attached hydrogens (tertiary/aromatic N) is 12. The van der Waals surface area contributed by atoms with Gasteiger partial charge in [0, 0.05) is 123 Å². The van der Waals surface area contributed by atoms with Crippen LogP contribution in [0, 0.1) is 45.3 Å². The molecule has 9 aromatic rings. The van der Waals surface area contributed by atoms with E-state index in [0.717, 1.165) is 123 Å². The van der Waals surface area contributed by atoms with E-state index >= 15 is 0 Å². The Kier molecular flexibility index (Phi) is 24.6. The van der Waals surface area contributed by atoms with E-state index in [1.54, 1.807) is 80.1 Å². The zero-order valence-corrected chi connectivity index (χ0v) is 57.5. The van der Waals surface area contributed by atoms with Crippen LogP contribution in [0.5, 0.6) is 17.2 Å². The summed E-state index contributed by atoms with van der Waals surface area (Å²) in [6, 6.07) is 51.7. The molecule has 0 saturated carbocycles. The van der Waals surface area contributed by atoms with Gasteiger partial charge in [0.25, 0.3) is 0 Å². The molecule has 8 heterocycles. The lowest BCUT2D eigenvalue weighted by Crippen LogP contribution is -2.56. The summed E-state index contributed by atoms with van der Waals surface area (Å²) in [6.07, 6.45) is 10.8. The normalized spacial score (nSPS) is 15.9. The Labute approximate surface area is 603 Å². The van der Waals surface area contributed by atoms with E-state index < -0.39 is 6.10 Å². The fourth-order valence-corrected chi connectivity index (χ4v) is 12.1. The molecule has 0 spiro atoms. The number of ether oxygens (including phenoxy) is 7. The van der Waals surface area contributed by atoms with Crippen LogP contribution in [0.3, 0.4) is 0 Å². The molecule has 1 unspecified atom stereocenters. The molecule has 528 valence electrons. The van der Waals surface area contributed by atoms with Gasteiger partial charge in [-0.2, -0.15) is 21.0 Å². The Bertz CT molecular complexity index is 4600. The van der Waals surface area contributed by atoms with Gasteiger partial charge in [0.2, 0.25) is 5.91 Å². The lowest BCUT2D eigenvalue weighted by atomic mass is 10.1. The first-order valence-electron chi connectivity index (χ1n) is 34.6. The van der Waals surface area contributed by atoms with Gasteiger partial charge in [0.05, 0.1) is 92.9 Å².